The lowest BCUT2D eigenvalue weighted by molar-refractivity contribution is -0.116. The van der Waals surface area contributed by atoms with Crippen molar-refractivity contribution in [2.75, 3.05) is 12.1 Å². The number of nitrogens with one attached hydrogen (secondary N) is 1. The SMILES string of the molecule is O=C(Cn1cnc2c(oc3ccccc32)c1=O)Nc1ccc2c(c1)OCO2. The fraction of sp³-hybridized carbons (Fsp3) is 0.105. The van der Waals surface area contributed by atoms with Gasteiger partial charge in [-0.15, -0.1) is 0 Å². The Bertz CT molecular complexity index is 1260. The van der Waals surface area contributed by atoms with Gasteiger partial charge in [-0.1, -0.05) is 12.1 Å². The minimum atomic E-state index is -0.406. The van der Waals surface area contributed by atoms with Gasteiger partial charge in [-0.05, 0) is 24.3 Å². The highest BCUT2D eigenvalue weighted by molar-refractivity contribution is 6.01. The van der Waals surface area contributed by atoms with Crippen molar-refractivity contribution in [1.82, 2.24) is 9.55 Å². The molecule has 1 N–H and O–H groups in total. The molecule has 0 fully saturated rings. The Morgan fingerprint density at radius 3 is 2.93 bits per heavy atom. The highest BCUT2D eigenvalue weighted by Gasteiger charge is 2.16. The Hall–Kier alpha value is -3.81. The van der Waals surface area contributed by atoms with Crippen LogP contribution in [0, 0.1) is 0 Å². The number of para-hydroxylation sites is 1. The fourth-order valence-electron chi connectivity index (χ4n) is 3.06. The molecule has 0 unspecified atom stereocenters. The van der Waals surface area contributed by atoms with Crippen LogP contribution in [0.25, 0.3) is 22.1 Å². The summed E-state index contributed by atoms with van der Waals surface area (Å²) in [5.41, 5.74) is 1.35. The third-order valence-corrected chi connectivity index (χ3v) is 4.32. The van der Waals surface area contributed by atoms with Crippen molar-refractivity contribution in [3.63, 3.8) is 0 Å². The zero-order chi connectivity index (χ0) is 18.4. The molecule has 1 aliphatic rings. The molecule has 8 nitrogen and oxygen atoms in total. The Labute approximate surface area is 151 Å². The quantitative estimate of drug-likeness (QED) is 0.601. The monoisotopic (exact) mass is 363 g/mol. The fourth-order valence-corrected chi connectivity index (χ4v) is 3.06. The standard InChI is InChI=1S/C19H13N3O5/c23-16(21-11-5-6-14-15(7-11)26-10-25-14)8-22-9-20-17-12-3-1-2-4-13(12)27-18(17)19(22)24/h1-7,9H,8,10H2,(H,21,23). The largest absolute Gasteiger partial charge is 0.454 e. The number of benzene rings is 2. The number of fused-ring (bicyclic) bond motifs is 4. The topological polar surface area (TPSA) is 95.6 Å². The number of furan rings is 1. The molecule has 0 saturated carbocycles. The van der Waals surface area contributed by atoms with Crippen LogP contribution in [0.1, 0.15) is 0 Å². The van der Waals surface area contributed by atoms with Gasteiger partial charge in [0.05, 0.1) is 6.33 Å². The molecule has 0 aliphatic carbocycles. The lowest BCUT2D eigenvalue weighted by Crippen LogP contribution is -2.27. The molecule has 8 heteroatoms. The first-order valence-electron chi connectivity index (χ1n) is 8.25. The summed E-state index contributed by atoms with van der Waals surface area (Å²) in [6.45, 7) is -0.0292. The van der Waals surface area contributed by atoms with E-state index in [1.807, 2.05) is 18.2 Å². The molecular weight excluding hydrogens is 350 g/mol. The highest BCUT2D eigenvalue weighted by Crippen LogP contribution is 2.34. The van der Waals surface area contributed by atoms with Gasteiger partial charge < -0.3 is 19.2 Å². The van der Waals surface area contributed by atoms with E-state index >= 15 is 0 Å². The van der Waals surface area contributed by atoms with Crippen LogP contribution in [0.5, 0.6) is 11.5 Å². The first-order chi connectivity index (χ1) is 13.2. The van der Waals surface area contributed by atoms with E-state index in [0.29, 0.717) is 28.3 Å². The summed E-state index contributed by atoms with van der Waals surface area (Å²) < 4.78 is 17.4. The first kappa shape index (κ1) is 15.4. The van der Waals surface area contributed by atoms with Gasteiger partial charge in [-0.3, -0.25) is 14.2 Å². The normalized spacial score (nSPS) is 12.6. The van der Waals surface area contributed by atoms with Crippen molar-refractivity contribution in [3.8, 4) is 11.5 Å². The van der Waals surface area contributed by atoms with Crippen LogP contribution in [-0.2, 0) is 11.3 Å². The summed E-state index contributed by atoms with van der Waals surface area (Å²) in [6, 6.07) is 12.4. The zero-order valence-electron chi connectivity index (χ0n) is 14.0. The number of aromatic nitrogens is 2. The number of nitrogens with zero attached hydrogens (tertiary/aromatic N) is 2. The Morgan fingerprint density at radius 1 is 1.15 bits per heavy atom. The van der Waals surface area contributed by atoms with E-state index in [1.54, 1.807) is 24.3 Å². The van der Waals surface area contributed by atoms with E-state index in [9.17, 15) is 9.59 Å². The Morgan fingerprint density at radius 2 is 2.00 bits per heavy atom. The lowest BCUT2D eigenvalue weighted by Gasteiger charge is -2.07. The predicted molar refractivity (Wildman–Crippen MR) is 97.0 cm³/mol. The molecule has 0 bridgehead atoms. The predicted octanol–water partition coefficient (Wildman–Crippen LogP) is 2.51. The van der Waals surface area contributed by atoms with Gasteiger partial charge in [0.15, 0.2) is 11.5 Å². The van der Waals surface area contributed by atoms with Crippen molar-refractivity contribution in [2.45, 2.75) is 6.54 Å². The van der Waals surface area contributed by atoms with E-state index in [4.69, 9.17) is 13.9 Å². The van der Waals surface area contributed by atoms with Crippen LogP contribution in [0.15, 0.2) is 58.0 Å². The summed E-state index contributed by atoms with van der Waals surface area (Å²) in [6.07, 6.45) is 1.35. The van der Waals surface area contributed by atoms with Gasteiger partial charge in [0.2, 0.25) is 18.3 Å². The number of hydrogen-bond acceptors (Lipinski definition) is 6. The number of carbonyl (C=O) groups excluding carboxylic acids is 1. The maximum Gasteiger partial charge on any atom is 0.297 e. The summed E-state index contributed by atoms with van der Waals surface area (Å²) in [5, 5.41) is 3.49. The third kappa shape index (κ3) is 2.58. The van der Waals surface area contributed by atoms with Crippen molar-refractivity contribution in [1.29, 1.82) is 0 Å². The minimum Gasteiger partial charge on any atom is -0.454 e. The molecule has 0 radical (unpaired) electrons. The second-order valence-corrected chi connectivity index (χ2v) is 6.07. The van der Waals surface area contributed by atoms with E-state index < -0.39 is 5.56 Å². The molecule has 1 aliphatic heterocycles. The zero-order valence-corrected chi connectivity index (χ0v) is 14.0. The third-order valence-electron chi connectivity index (χ3n) is 4.32. The van der Waals surface area contributed by atoms with Crippen molar-refractivity contribution in [3.05, 3.63) is 59.1 Å². The molecule has 4 aromatic rings. The maximum atomic E-state index is 12.7. The minimum absolute atomic E-state index is 0.134. The maximum absolute atomic E-state index is 12.7. The smallest absolute Gasteiger partial charge is 0.297 e. The molecule has 1 amide bonds. The van der Waals surface area contributed by atoms with E-state index in [1.165, 1.54) is 10.9 Å². The summed E-state index contributed by atoms with van der Waals surface area (Å²) in [7, 11) is 0. The summed E-state index contributed by atoms with van der Waals surface area (Å²) in [5.74, 6) is 0.826. The Kier molecular flexibility index (Phi) is 3.36. The number of anilines is 1. The van der Waals surface area contributed by atoms with Gasteiger partial charge in [-0.2, -0.15) is 0 Å². The molecular formula is C19H13N3O5. The molecule has 0 saturated heterocycles. The number of hydrogen-bond donors (Lipinski definition) is 1. The van der Waals surface area contributed by atoms with Crippen LogP contribution >= 0.6 is 0 Å². The number of carbonyl (C=O) groups is 1. The van der Waals surface area contributed by atoms with E-state index in [-0.39, 0.29) is 24.8 Å². The van der Waals surface area contributed by atoms with Gasteiger partial charge in [-0.25, -0.2) is 4.98 Å². The van der Waals surface area contributed by atoms with Gasteiger partial charge in [0.25, 0.3) is 5.56 Å². The number of rotatable bonds is 3. The molecule has 5 rings (SSSR count). The molecule has 27 heavy (non-hydrogen) atoms. The van der Waals surface area contributed by atoms with Gasteiger partial charge >= 0.3 is 0 Å². The summed E-state index contributed by atoms with van der Waals surface area (Å²) >= 11 is 0. The molecule has 2 aromatic heterocycles. The average molecular weight is 363 g/mol. The van der Waals surface area contributed by atoms with Crippen LogP contribution in [0.4, 0.5) is 5.69 Å². The molecule has 0 spiro atoms. The number of amides is 1. The molecule has 134 valence electrons. The van der Waals surface area contributed by atoms with Crippen molar-refractivity contribution >= 4 is 33.7 Å². The van der Waals surface area contributed by atoms with Crippen molar-refractivity contribution < 1.29 is 18.7 Å². The van der Waals surface area contributed by atoms with Crippen LogP contribution in [0.2, 0.25) is 0 Å². The highest BCUT2D eigenvalue weighted by atomic mass is 16.7. The second-order valence-electron chi connectivity index (χ2n) is 6.07. The van der Waals surface area contributed by atoms with Gasteiger partial charge in [0, 0.05) is 17.1 Å². The second kappa shape index (κ2) is 5.87. The summed E-state index contributed by atoms with van der Waals surface area (Å²) in [4.78, 5) is 29.3. The first-order valence-corrected chi connectivity index (χ1v) is 8.25. The van der Waals surface area contributed by atoms with Crippen LogP contribution in [-0.4, -0.2) is 22.3 Å². The van der Waals surface area contributed by atoms with Gasteiger partial charge in [0.1, 0.15) is 17.6 Å². The van der Waals surface area contributed by atoms with E-state index in [0.717, 1.165) is 5.39 Å². The van der Waals surface area contributed by atoms with Crippen LogP contribution < -0.4 is 20.3 Å². The van der Waals surface area contributed by atoms with E-state index in [2.05, 4.69) is 10.3 Å². The van der Waals surface area contributed by atoms with Crippen LogP contribution in [0.3, 0.4) is 0 Å². The lowest BCUT2D eigenvalue weighted by atomic mass is 10.2. The number of ether oxygens (including phenoxy) is 2. The molecule has 2 aromatic carbocycles. The molecule has 0 atom stereocenters. The Balaban J connectivity index is 1.42. The molecule has 3 heterocycles. The van der Waals surface area contributed by atoms with Crippen molar-refractivity contribution in [2.24, 2.45) is 0 Å². The average Bonchev–Trinajstić information content (AvgIpc) is 3.28.